The molecule has 2 heterocycles. The second-order valence-electron chi connectivity index (χ2n) is 5.36. The summed E-state index contributed by atoms with van der Waals surface area (Å²) < 4.78 is 4.74. The number of carbonyl (C=O) groups is 1. The summed E-state index contributed by atoms with van der Waals surface area (Å²) in [6.07, 6.45) is 5.41. The molecule has 2 aromatic rings. The number of methoxy groups -OCH3 is 1. The Balaban J connectivity index is 1.86. The first kappa shape index (κ1) is 15.6. The maximum Gasteiger partial charge on any atom is 0.358 e. The average Bonchev–Trinajstić information content (AvgIpc) is 3.39. The summed E-state index contributed by atoms with van der Waals surface area (Å²) in [6.45, 7) is 2.27. The van der Waals surface area contributed by atoms with Gasteiger partial charge in [0.2, 0.25) is 0 Å². The summed E-state index contributed by atoms with van der Waals surface area (Å²) in [7, 11) is 1.30. The molecule has 0 aliphatic heterocycles. The van der Waals surface area contributed by atoms with E-state index < -0.39 is 5.97 Å². The van der Waals surface area contributed by atoms with E-state index in [2.05, 4.69) is 25.3 Å². The summed E-state index contributed by atoms with van der Waals surface area (Å²) in [4.78, 5) is 29.0. The third-order valence-corrected chi connectivity index (χ3v) is 3.82. The van der Waals surface area contributed by atoms with Gasteiger partial charge in [0.25, 0.3) is 0 Å². The molecule has 0 radical (unpaired) electrons. The maximum atomic E-state index is 11.8. The minimum absolute atomic E-state index is 0.0866. The van der Waals surface area contributed by atoms with Crippen LogP contribution in [0.1, 0.15) is 46.5 Å². The highest BCUT2D eigenvalue weighted by atomic mass is 35.5. The van der Waals surface area contributed by atoms with Crippen molar-refractivity contribution >= 4 is 23.4 Å². The number of aryl methyl sites for hydroxylation is 1. The Kier molecular flexibility index (Phi) is 4.38. The predicted molar refractivity (Wildman–Crippen MR) is 84.5 cm³/mol. The molecule has 1 aliphatic rings. The fourth-order valence-electron chi connectivity index (χ4n) is 2.02. The molecular formula is C15H16ClN5O2. The quantitative estimate of drug-likeness (QED) is 0.841. The van der Waals surface area contributed by atoms with Crippen LogP contribution in [0.2, 0.25) is 5.02 Å². The number of carbonyl (C=O) groups excluding carboxylic acids is 1. The second kappa shape index (κ2) is 6.45. The van der Waals surface area contributed by atoms with E-state index in [0.717, 1.165) is 24.2 Å². The molecule has 0 aromatic carbocycles. The first-order valence-electron chi connectivity index (χ1n) is 7.25. The molecule has 1 saturated carbocycles. The lowest BCUT2D eigenvalue weighted by Gasteiger charge is -2.11. The minimum Gasteiger partial charge on any atom is -0.464 e. The number of esters is 1. The highest BCUT2D eigenvalue weighted by molar-refractivity contribution is 6.35. The van der Waals surface area contributed by atoms with E-state index in [9.17, 15) is 4.79 Å². The van der Waals surface area contributed by atoms with E-state index in [1.165, 1.54) is 7.11 Å². The van der Waals surface area contributed by atoms with Crippen molar-refractivity contribution in [2.24, 2.45) is 0 Å². The van der Waals surface area contributed by atoms with Crippen molar-refractivity contribution in [3.8, 4) is 0 Å². The van der Waals surface area contributed by atoms with Gasteiger partial charge in [0, 0.05) is 12.1 Å². The summed E-state index contributed by atoms with van der Waals surface area (Å²) in [6, 6.07) is 0. The summed E-state index contributed by atoms with van der Waals surface area (Å²) in [5.74, 6) is 0.742. The van der Waals surface area contributed by atoms with Gasteiger partial charge in [0.05, 0.1) is 31.2 Å². The third kappa shape index (κ3) is 3.56. The molecule has 0 unspecified atom stereocenters. The van der Waals surface area contributed by atoms with Gasteiger partial charge in [-0.2, -0.15) is 0 Å². The summed E-state index contributed by atoms with van der Waals surface area (Å²) in [5.41, 5.74) is 1.68. The molecule has 0 amide bonds. The summed E-state index contributed by atoms with van der Waals surface area (Å²) >= 11 is 6.25. The first-order chi connectivity index (χ1) is 11.1. The van der Waals surface area contributed by atoms with Crippen molar-refractivity contribution in [2.45, 2.75) is 32.2 Å². The molecule has 23 heavy (non-hydrogen) atoms. The number of hydrogen-bond donors (Lipinski definition) is 1. The Morgan fingerprint density at radius 1 is 1.35 bits per heavy atom. The fourth-order valence-corrected chi connectivity index (χ4v) is 2.25. The Bertz CT molecular complexity index is 731. The molecule has 2 aromatic heterocycles. The van der Waals surface area contributed by atoms with E-state index in [-0.39, 0.29) is 16.6 Å². The van der Waals surface area contributed by atoms with Crippen LogP contribution in [0, 0.1) is 6.92 Å². The van der Waals surface area contributed by atoms with Gasteiger partial charge in [-0.15, -0.1) is 0 Å². The topological polar surface area (TPSA) is 89.9 Å². The van der Waals surface area contributed by atoms with E-state index in [0.29, 0.717) is 18.2 Å². The zero-order valence-corrected chi connectivity index (χ0v) is 13.6. The number of rotatable bonds is 5. The van der Waals surface area contributed by atoms with Gasteiger partial charge in [-0.25, -0.2) is 14.8 Å². The molecule has 0 bridgehead atoms. The van der Waals surface area contributed by atoms with Crippen LogP contribution < -0.4 is 5.32 Å². The number of ether oxygens (including phenoxy) is 1. The van der Waals surface area contributed by atoms with E-state index in [4.69, 9.17) is 16.3 Å². The van der Waals surface area contributed by atoms with Crippen LogP contribution in [0.25, 0.3) is 0 Å². The van der Waals surface area contributed by atoms with Crippen molar-refractivity contribution in [1.29, 1.82) is 0 Å². The van der Waals surface area contributed by atoms with E-state index >= 15 is 0 Å². The monoisotopic (exact) mass is 333 g/mol. The number of aromatic nitrogens is 4. The van der Waals surface area contributed by atoms with Gasteiger partial charge in [0.1, 0.15) is 16.7 Å². The number of nitrogens with zero attached hydrogens (tertiary/aromatic N) is 4. The average molecular weight is 334 g/mol. The van der Waals surface area contributed by atoms with Gasteiger partial charge in [-0.05, 0) is 19.8 Å². The predicted octanol–water partition coefficient (Wildman–Crippen LogP) is 2.50. The van der Waals surface area contributed by atoms with Crippen molar-refractivity contribution < 1.29 is 9.53 Å². The molecular weight excluding hydrogens is 318 g/mol. The van der Waals surface area contributed by atoms with Gasteiger partial charge in [-0.3, -0.25) is 9.97 Å². The Morgan fingerprint density at radius 2 is 2.13 bits per heavy atom. The molecule has 3 rings (SSSR count). The minimum atomic E-state index is -0.572. The van der Waals surface area contributed by atoms with Gasteiger partial charge in [0.15, 0.2) is 5.69 Å². The van der Waals surface area contributed by atoms with Crippen molar-refractivity contribution in [3.63, 3.8) is 0 Å². The van der Waals surface area contributed by atoms with Crippen molar-refractivity contribution in [1.82, 2.24) is 19.9 Å². The molecule has 0 saturated heterocycles. The van der Waals surface area contributed by atoms with Crippen LogP contribution in [0.15, 0.2) is 12.4 Å². The SMILES string of the molecule is COC(=O)c1nc(C2CC2)nc(NCc2cnc(C)cn2)c1Cl. The van der Waals surface area contributed by atoms with Crippen LogP contribution in [-0.2, 0) is 11.3 Å². The molecule has 8 heteroatoms. The zero-order valence-electron chi connectivity index (χ0n) is 12.8. The Hall–Kier alpha value is -2.28. The molecule has 0 spiro atoms. The van der Waals surface area contributed by atoms with Crippen LogP contribution >= 0.6 is 11.6 Å². The molecule has 1 fully saturated rings. The lowest BCUT2D eigenvalue weighted by Crippen LogP contribution is -2.13. The molecule has 7 nitrogen and oxygen atoms in total. The smallest absolute Gasteiger partial charge is 0.358 e. The fraction of sp³-hybridized carbons (Fsp3) is 0.400. The normalized spacial score (nSPS) is 13.7. The molecule has 1 N–H and O–H groups in total. The zero-order chi connectivity index (χ0) is 16.4. The molecule has 120 valence electrons. The van der Waals surface area contributed by atoms with Crippen molar-refractivity contribution in [3.05, 3.63) is 40.3 Å². The highest BCUT2D eigenvalue weighted by Crippen LogP contribution is 2.39. The number of halogens is 1. The molecule has 0 atom stereocenters. The van der Waals surface area contributed by atoms with Crippen LogP contribution in [0.5, 0.6) is 0 Å². The van der Waals surface area contributed by atoms with Crippen molar-refractivity contribution in [2.75, 3.05) is 12.4 Å². The number of nitrogens with one attached hydrogen (secondary N) is 1. The first-order valence-corrected chi connectivity index (χ1v) is 7.63. The lowest BCUT2D eigenvalue weighted by atomic mass is 10.3. The Labute approximate surface area is 138 Å². The number of hydrogen-bond acceptors (Lipinski definition) is 7. The highest BCUT2D eigenvalue weighted by Gasteiger charge is 2.30. The molecule has 1 aliphatic carbocycles. The largest absolute Gasteiger partial charge is 0.464 e. The van der Waals surface area contributed by atoms with E-state index in [1.807, 2.05) is 6.92 Å². The van der Waals surface area contributed by atoms with Gasteiger partial charge < -0.3 is 10.1 Å². The maximum absolute atomic E-state index is 11.8. The number of anilines is 1. The van der Waals surface area contributed by atoms with Gasteiger partial charge >= 0.3 is 5.97 Å². The Morgan fingerprint density at radius 3 is 2.74 bits per heavy atom. The second-order valence-corrected chi connectivity index (χ2v) is 5.74. The lowest BCUT2D eigenvalue weighted by molar-refractivity contribution is 0.0593. The van der Waals surface area contributed by atoms with Crippen LogP contribution in [0.3, 0.4) is 0 Å². The van der Waals surface area contributed by atoms with Crippen LogP contribution in [0.4, 0.5) is 5.82 Å². The standard InChI is InChI=1S/C15H16ClN5O2/c1-8-5-18-10(6-17-8)7-19-14-11(16)12(15(22)23-2)20-13(21-14)9-3-4-9/h5-6,9H,3-4,7H2,1-2H3,(H,19,20,21). The summed E-state index contributed by atoms with van der Waals surface area (Å²) in [5, 5.41) is 3.25. The van der Waals surface area contributed by atoms with Gasteiger partial charge in [-0.1, -0.05) is 11.6 Å². The third-order valence-electron chi connectivity index (χ3n) is 3.46. The van der Waals surface area contributed by atoms with Crippen LogP contribution in [-0.4, -0.2) is 33.0 Å². The van der Waals surface area contributed by atoms with E-state index in [1.54, 1.807) is 12.4 Å².